The molecule has 5 heteroatoms. The Kier molecular flexibility index (Phi) is 4.14. The van der Waals surface area contributed by atoms with E-state index in [2.05, 4.69) is 10.5 Å². The highest BCUT2D eigenvalue weighted by Gasteiger charge is 2.26. The number of amides is 1. The lowest BCUT2D eigenvalue weighted by molar-refractivity contribution is -0.126. The molecule has 1 heterocycles. The molecular formula is C12H19N3O2. The predicted octanol–water partition coefficient (Wildman–Crippen LogP) is 1.20. The second-order valence-electron chi connectivity index (χ2n) is 4.60. The van der Waals surface area contributed by atoms with Crippen molar-refractivity contribution in [3.8, 4) is 0 Å². The Bertz CT molecular complexity index is 351. The van der Waals surface area contributed by atoms with Crippen LogP contribution in [0.15, 0.2) is 16.8 Å². The van der Waals surface area contributed by atoms with Crippen molar-refractivity contribution >= 4 is 5.91 Å². The smallest absolute Gasteiger partial charge is 0.225 e. The maximum Gasteiger partial charge on any atom is 0.225 e. The Hall–Kier alpha value is -1.36. The number of hydrogen-bond acceptors (Lipinski definition) is 4. The van der Waals surface area contributed by atoms with E-state index in [0.717, 1.165) is 25.7 Å². The van der Waals surface area contributed by atoms with Gasteiger partial charge in [0, 0.05) is 12.1 Å². The average molecular weight is 237 g/mol. The molecule has 3 N–H and O–H groups in total. The van der Waals surface area contributed by atoms with Gasteiger partial charge in [0.1, 0.15) is 0 Å². The number of aromatic nitrogens is 1. The Balaban J connectivity index is 1.85. The van der Waals surface area contributed by atoms with Crippen LogP contribution >= 0.6 is 0 Å². The predicted molar refractivity (Wildman–Crippen MR) is 62.9 cm³/mol. The van der Waals surface area contributed by atoms with Crippen LogP contribution < -0.4 is 11.1 Å². The van der Waals surface area contributed by atoms with E-state index < -0.39 is 0 Å². The molecule has 2 rings (SSSR count). The molecule has 1 aromatic heterocycles. The van der Waals surface area contributed by atoms with Gasteiger partial charge in [-0.25, -0.2) is 0 Å². The van der Waals surface area contributed by atoms with Gasteiger partial charge < -0.3 is 15.6 Å². The fourth-order valence-corrected chi connectivity index (χ4v) is 2.30. The van der Waals surface area contributed by atoms with Gasteiger partial charge in [-0.1, -0.05) is 24.4 Å². The summed E-state index contributed by atoms with van der Waals surface area (Å²) in [6.07, 6.45) is 6.81. The fourth-order valence-electron chi connectivity index (χ4n) is 2.30. The maximum atomic E-state index is 12.0. The standard InChI is InChI=1S/C12H19N3O2/c13-11-5-3-1-2-4-10(11)12(16)14-8-9-6-7-15-17-9/h6-7,10-11H,1-5,8,13H2,(H,14,16). The second kappa shape index (κ2) is 5.82. The second-order valence-corrected chi connectivity index (χ2v) is 4.60. The van der Waals surface area contributed by atoms with Crippen molar-refractivity contribution in [2.24, 2.45) is 11.7 Å². The summed E-state index contributed by atoms with van der Waals surface area (Å²) >= 11 is 0. The Morgan fingerprint density at radius 1 is 1.47 bits per heavy atom. The number of nitrogens with one attached hydrogen (secondary N) is 1. The van der Waals surface area contributed by atoms with E-state index in [0.29, 0.717) is 12.3 Å². The van der Waals surface area contributed by atoms with E-state index in [1.807, 2.05) is 0 Å². The van der Waals surface area contributed by atoms with Gasteiger partial charge in [-0.3, -0.25) is 4.79 Å². The third-order valence-electron chi connectivity index (χ3n) is 3.33. The highest BCUT2D eigenvalue weighted by molar-refractivity contribution is 5.79. The molecule has 1 fully saturated rings. The molecule has 0 aliphatic heterocycles. The summed E-state index contributed by atoms with van der Waals surface area (Å²) in [6, 6.07) is 1.74. The molecule has 0 aromatic carbocycles. The van der Waals surface area contributed by atoms with Crippen LogP contribution in [0.5, 0.6) is 0 Å². The molecule has 0 spiro atoms. The minimum atomic E-state index is -0.0552. The van der Waals surface area contributed by atoms with Crippen LogP contribution in [0.25, 0.3) is 0 Å². The number of rotatable bonds is 3. The van der Waals surface area contributed by atoms with Gasteiger partial charge in [-0.05, 0) is 12.8 Å². The minimum absolute atomic E-state index is 0.00720. The molecule has 2 unspecified atom stereocenters. The van der Waals surface area contributed by atoms with Gasteiger partial charge in [-0.2, -0.15) is 0 Å². The van der Waals surface area contributed by atoms with Gasteiger partial charge in [0.05, 0.1) is 18.7 Å². The zero-order valence-corrected chi connectivity index (χ0v) is 9.89. The van der Waals surface area contributed by atoms with E-state index in [-0.39, 0.29) is 17.9 Å². The van der Waals surface area contributed by atoms with E-state index in [9.17, 15) is 4.79 Å². The van der Waals surface area contributed by atoms with Gasteiger partial charge in [0.25, 0.3) is 0 Å². The molecule has 1 aliphatic rings. The van der Waals surface area contributed by atoms with Gasteiger partial charge in [0.15, 0.2) is 5.76 Å². The number of nitrogens with two attached hydrogens (primary N) is 1. The number of carbonyl (C=O) groups is 1. The lowest BCUT2D eigenvalue weighted by atomic mass is 9.94. The zero-order chi connectivity index (χ0) is 12.1. The first kappa shape index (κ1) is 12.1. The third kappa shape index (κ3) is 3.30. The molecular weight excluding hydrogens is 218 g/mol. The maximum absolute atomic E-state index is 12.0. The summed E-state index contributed by atoms with van der Waals surface area (Å²) in [5, 5.41) is 6.45. The first-order valence-corrected chi connectivity index (χ1v) is 6.20. The summed E-state index contributed by atoms with van der Waals surface area (Å²) in [5.41, 5.74) is 6.03. The third-order valence-corrected chi connectivity index (χ3v) is 3.33. The highest BCUT2D eigenvalue weighted by atomic mass is 16.5. The van der Waals surface area contributed by atoms with E-state index in [1.165, 1.54) is 6.42 Å². The first-order valence-electron chi connectivity index (χ1n) is 6.20. The van der Waals surface area contributed by atoms with Crippen LogP contribution in [-0.2, 0) is 11.3 Å². The summed E-state index contributed by atoms with van der Waals surface area (Å²) in [6.45, 7) is 0.391. The van der Waals surface area contributed by atoms with Crippen LogP contribution in [0.1, 0.15) is 37.9 Å². The molecule has 2 atom stereocenters. The zero-order valence-electron chi connectivity index (χ0n) is 9.89. The lowest BCUT2D eigenvalue weighted by Gasteiger charge is -2.20. The summed E-state index contributed by atoms with van der Waals surface area (Å²) < 4.78 is 4.93. The van der Waals surface area contributed by atoms with Crippen LogP contribution in [0.2, 0.25) is 0 Å². The van der Waals surface area contributed by atoms with Crippen molar-refractivity contribution in [2.75, 3.05) is 0 Å². The van der Waals surface area contributed by atoms with Crippen molar-refractivity contribution < 1.29 is 9.32 Å². The minimum Gasteiger partial charge on any atom is -0.360 e. The van der Waals surface area contributed by atoms with Gasteiger partial charge in [-0.15, -0.1) is 0 Å². The van der Waals surface area contributed by atoms with Crippen LogP contribution in [0.4, 0.5) is 0 Å². The van der Waals surface area contributed by atoms with E-state index >= 15 is 0 Å². The van der Waals surface area contributed by atoms with E-state index in [4.69, 9.17) is 10.3 Å². The van der Waals surface area contributed by atoms with Gasteiger partial charge >= 0.3 is 0 Å². The molecule has 1 saturated carbocycles. The van der Waals surface area contributed by atoms with E-state index in [1.54, 1.807) is 12.3 Å². The Labute approximate surface area is 101 Å². The fraction of sp³-hybridized carbons (Fsp3) is 0.667. The topological polar surface area (TPSA) is 81.2 Å². The van der Waals surface area contributed by atoms with Crippen molar-refractivity contribution in [3.05, 3.63) is 18.0 Å². The lowest BCUT2D eigenvalue weighted by Crippen LogP contribution is -2.41. The Morgan fingerprint density at radius 3 is 3.06 bits per heavy atom. The molecule has 1 aliphatic carbocycles. The molecule has 0 radical (unpaired) electrons. The SMILES string of the molecule is NC1CCCCCC1C(=O)NCc1ccno1. The van der Waals surface area contributed by atoms with Crippen LogP contribution in [-0.4, -0.2) is 17.1 Å². The van der Waals surface area contributed by atoms with Crippen molar-refractivity contribution in [1.29, 1.82) is 0 Å². The molecule has 5 nitrogen and oxygen atoms in total. The van der Waals surface area contributed by atoms with Crippen molar-refractivity contribution in [1.82, 2.24) is 10.5 Å². The first-order chi connectivity index (χ1) is 8.27. The number of carbonyl (C=O) groups excluding carboxylic acids is 1. The molecule has 94 valence electrons. The quantitative estimate of drug-likeness (QED) is 0.774. The van der Waals surface area contributed by atoms with Gasteiger partial charge in [0.2, 0.25) is 5.91 Å². The summed E-state index contributed by atoms with van der Waals surface area (Å²) in [5.74, 6) is 0.650. The highest BCUT2D eigenvalue weighted by Crippen LogP contribution is 2.22. The average Bonchev–Trinajstić information content (AvgIpc) is 2.75. The van der Waals surface area contributed by atoms with Crippen molar-refractivity contribution in [3.63, 3.8) is 0 Å². The number of nitrogens with zero attached hydrogens (tertiary/aromatic N) is 1. The van der Waals surface area contributed by atoms with Crippen LogP contribution in [0.3, 0.4) is 0 Å². The molecule has 1 aromatic rings. The normalized spacial score (nSPS) is 25.2. The monoisotopic (exact) mass is 237 g/mol. The van der Waals surface area contributed by atoms with Crippen LogP contribution in [0, 0.1) is 5.92 Å². The molecule has 1 amide bonds. The summed E-state index contributed by atoms with van der Waals surface area (Å²) in [4.78, 5) is 12.0. The summed E-state index contributed by atoms with van der Waals surface area (Å²) in [7, 11) is 0. The Morgan fingerprint density at radius 2 is 2.29 bits per heavy atom. The number of hydrogen-bond donors (Lipinski definition) is 2. The largest absolute Gasteiger partial charge is 0.360 e. The molecule has 0 saturated heterocycles. The van der Waals surface area contributed by atoms with Crippen molar-refractivity contribution in [2.45, 2.75) is 44.7 Å². The molecule has 17 heavy (non-hydrogen) atoms. The molecule has 0 bridgehead atoms.